The Hall–Kier alpha value is -1.12. The van der Waals surface area contributed by atoms with Crippen LogP contribution >= 0.6 is 0 Å². The molecule has 0 fully saturated rings. The van der Waals surface area contributed by atoms with E-state index in [1.54, 1.807) is 6.33 Å². The van der Waals surface area contributed by atoms with Crippen LogP contribution in [0.15, 0.2) is 11.3 Å². The first-order valence-electron chi connectivity index (χ1n) is 4.36. The van der Waals surface area contributed by atoms with E-state index in [9.17, 15) is 0 Å². The molecule has 2 rings (SSSR count). The lowest BCUT2D eigenvalue weighted by Gasteiger charge is -2.13. The Morgan fingerprint density at radius 1 is 1.50 bits per heavy atom. The van der Waals surface area contributed by atoms with Crippen molar-refractivity contribution in [2.75, 3.05) is 6.54 Å². The Bertz CT molecular complexity index is 309. The maximum atomic E-state index is 4.48. The smallest absolute Gasteiger partial charge is 0.105 e. The number of nitrogens with one attached hydrogen (secondary N) is 1. The summed E-state index contributed by atoms with van der Waals surface area (Å²) >= 11 is 0. The van der Waals surface area contributed by atoms with E-state index in [4.69, 9.17) is 0 Å². The standard InChI is InChI=1S/C9H13N3/c1-6(2)8-9-7(3-4-10-8)11-5-12-9/h5-6H,3-4H2,1-2H3,(H,11,12). The summed E-state index contributed by atoms with van der Waals surface area (Å²) in [5.74, 6) is 0.479. The monoisotopic (exact) mass is 163 g/mol. The molecule has 0 saturated heterocycles. The summed E-state index contributed by atoms with van der Waals surface area (Å²) in [7, 11) is 0. The molecule has 1 aromatic rings. The van der Waals surface area contributed by atoms with E-state index in [0.29, 0.717) is 5.92 Å². The Balaban J connectivity index is 2.43. The van der Waals surface area contributed by atoms with E-state index in [2.05, 4.69) is 28.8 Å². The molecule has 0 unspecified atom stereocenters. The Kier molecular flexibility index (Phi) is 1.71. The number of aliphatic imine (C=N–C) groups is 1. The quantitative estimate of drug-likeness (QED) is 0.668. The molecule has 1 aliphatic rings. The number of aromatic amines is 1. The summed E-state index contributed by atoms with van der Waals surface area (Å²) in [6.07, 6.45) is 2.76. The van der Waals surface area contributed by atoms with Gasteiger partial charge in [-0.15, -0.1) is 0 Å². The van der Waals surface area contributed by atoms with Crippen LogP contribution in [-0.2, 0) is 6.42 Å². The first-order chi connectivity index (χ1) is 5.79. The maximum Gasteiger partial charge on any atom is 0.105 e. The normalized spacial score (nSPS) is 16.1. The van der Waals surface area contributed by atoms with Crippen LogP contribution in [0.25, 0.3) is 0 Å². The van der Waals surface area contributed by atoms with Gasteiger partial charge < -0.3 is 4.98 Å². The average Bonchev–Trinajstić information content (AvgIpc) is 2.49. The fourth-order valence-corrected chi connectivity index (χ4v) is 1.55. The predicted molar refractivity (Wildman–Crippen MR) is 48.5 cm³/mol. The van der Waals surface area contributed by atoms with Crippen molar-refractivity contribution >= 4 is 5.71 Å². The van der Waals surface area contributed by atoms with Gasteiger partial charge >= 0.3 is 0 Å². The van der Waals surface area contributed by atoms with Crippen molar-refractivity contribution in [1.82, 2.24) is 9.97 Å². The second kappa shape index (κ2) is 2.73. The van der Waals surface area contributed by atoms with E-state index >= 15 is 0 Å². The number of imidazole rings is 1. The van der Waals surface area contributed by atoms with E-state index in [0.717, 1.165) is 24.4 Å². The van der Waals surface area contributed by atoms with Crippen LogP contribution in [0.3, 0.4) is 0 Å². The van der Waals surface area contributed by atoms with Crippen LogP contribution in [0, 0.1) is 5.92 Å². The van der Waals surface area contributed by atoms with Gasteiger partial charge in [-0.2, -0.15) is 0 Å². The maximum absolute atomic E-state index is 4.48. The first-order valence-corrected chi connectivity index (χ1v) is 4.36. The Morgan fingerprint density at radius 2 is 2.33 bits per heavy atom. The van der Waals surface area contributed by atoms with Gasteiger partial charge in [0.15, 0.2) is 0 Å². The first kappa shape index (κ1) is 7.53. The lowest BCUT2D eigenvalue weighted by Crippen LogP contribution is -2.17. The summed E-state index contributed by atoms with van der Waals surface area (Å²) in [6.45, 7) is 5.22. The van der Waals surface area contributed by atoms with Gasteiger partial charge in [0.2, 0.25) is 0 Å². The number of hydrogen-bond acceptors (Lipinski definition) is 2. The largest absolute Gasteiger partial charge is 0.348 e. The molecular weight excluding hydrogens is 150 g/mol. The van der Waals surface area contributed by atoms with Crippen LogP contribution in [0.1, 0.15) is 25.2 Å². The molecule has 0 saturated carbocycles. The Morgan fingerprint density at radius 3 is 3.08 bits per heavy atom. The fourth-order valence-electron chi connectivity index (χ4n) is 1.55. The molecular formula is C9H13N3. The van der Waals surface area contributed by atoms with Crippen LogP contribution in [0.2, 0.25) is 0 Å². The molecule has 0 spiro atoms. The summed E-state index contributed by atoms with van der Waals surface area (Å²) in [6, 6.07) is 0. The number of nitrogens with zero attached hydrogens (tertiary/aromatic N) is 2. The van der Waals surface area contributed by atoms with Gasteiger partial charge in [-0.05, 0) is 5.92 Å². The number of hydrogen-bond donors (Lipinski definition) is 1. The second-order valence-corrected chi connectivity index (χ2v) is 3.40. The topological polar surface area (TPSA) is 41.0 Å². The molecule has 0 aliphatic carbocycles. The zero-order valence-electron chi connectivity index (χ0n) is 7.46. The average molecular weight is 163 g/mol. The summed E-state index contributed by atoms with van der Waals surface area (Å²) in [5.41, 5.74) is 3.47. The van der Waals surface area contributed by atoms with Crippen molar-refractivity contribution in [3.63, 3.8) is 0 Å². The Labute approximate surface area is 71.9 Å². The molecule has 3 heteroatoms. The molecule has 0 amide bonds. The van der Waals surface area contributed by atoms with Crippen molar-refractivity contribution in [2.24, 2.45) is 10.9 Å². The zero-order chi connectivity index (χ0) is 8.55. The van der Waals surface area contributed by atoms with Crippen LogP contribution in [0.4, 0.5) is 0 Å². The number of H-pyrrole nitrogens is 1. The zero-order valence-corrected chi connectivity index (χ0v) is 7.46. The van der Waals surface area contributed by atoms with Gasteiger partial charge in [0.1, 0.15) is 5.69 Å². The van der Waals surface area contributed by atoms with Crippen molar-refractivity contribution in [1.29, 1.82) is 0 Å². The number of rotatable bonds is 1. The van der Waals surface area contributed by atoms with Gasteiger partial charge in [-0.1, -0.05) is 13.8 Å². The van der Waals surface area contributed by atoms with Gasteiger partial charge in [-0.3, -0.25) is 4.99 Å². The van der Waals surface area contributed by atoms with E-state index in [-0.39, 0.29) is 0 Å². The predicted octanol–water partition coefficient (Wildman–Crippen LogP) is 1.41. The van der Waals surface area contributed by atoms with Gasteiger partial charge in [0.05, 0.1) is 12.0 Å². The van der Waals surface area contributed by atoms with E-state index in [1.807, 2.05) is 0 Å². The van der Waals surface area contributed by atoms with E-state index in [1.165, 1.54) is 5.69 Å². The SMILES string of the molecule is CC(C)C1=NCCc2[nH]cnc21. The third-order valence-electron chi connectivity index (χ3n) is 2.15. The molecule has 2 heterocycles. The molecule has 64 valence electrons. The van der Waals surface area contributed by atoms with Crippen molar-refractivity contribution in [3.05, 3.63) is 17.7 Å². The molecule has 1 aromatic heterocycles. The van der Waals surface area contributed by atoms with Crippen molar-refractivity contribution < 1.29 is 0 Å². The lowest BCUT2D eigenvalue weighted by atomic mass is 10.0. The molecule has 12 heavy (non-hydrogen) atoms. The number of aromatic nitrogens is 2. The van der Waals surface area contributed by atoms with Crippen molar-refractivity contribution in [3.8, 4) is 0 Å². The third kappa shape index (κ3) is 1.05. The highest BCUT2D eigenvalue weighted by Crippen LogP contribution is 2.15. The van der Waals surface area contributed by atoms with Crippen LogP contribution in [0.5, 0.6) is 0 Å². The highest BCUT2D eigenvalue weighted by atomic mass is 14.9. The highest BCUT2D eigenvalue weighted by Gasteiger charge is 2.18. The molecule has 0 atom stereocenters. The molecule has 0 radical (unpaired) electrons. The van der Waals surface area contributed by atoms with Gasteiger partial charge in [-0.25, -0.2) is 4.98 Å². The van der Waals surface area contributed by atoms with Gasteiger partial charge in [0, 0.05) is 18.7 Å². The molecule has 0 bridgehead atoms. The molecule has 0 aromatic carbocycles. The minimum atomic E-state index is 0.479. The van der Waals surface area contributed by atoms with Gasteiger partial charge in [0.25, 0.3) is 0 Å². The highest BCUT2D eigenvalue weighted by molar-refractivity contribution is 6.01. The summed E-state index contributed by atoms with van der Waals surface area (Å²) < 4.78 is 0. The molecule has 3 nitrogen and oxygen atoms in total. The summed E-state index contributed by atoms with van der Waals surface area (Å²) in [5, 5.41) is 0. The van der Waals surface area contributed by atoms with Crippen LogP contribution < -0.4 is 0 Å². The molecule has 1 N–H and O–H groups in total. The van der Waals surface area contributed by atoms with E-state index < -0.39 is 0 Å². The van der Waals surface area contributed by atoms with Crippen molar-refractivity contribution in [2.45, 2.75) is 20.3 Å². The minimum absolute atomic E-state index is 0.479. The number of fused-ring (bicyclic) bond motifs is 1. The van der Waals surface area contributed by atoms with Crippen LogP contribution in [-0.4, -0.2) is 22.2 Å². The molecule has 1 aliphatic heterocycles. The summed E-state index contributed by atoms with van der Waals surface area (Å²) in [4.78, 5) is 11.9. The fraction of sp³-hybridized carbons (Fsp3) is 0.556. The minimum Gasteiger partial charge on any atom is -0.348 e. The second-order valence-electron chi connectivity index (χ2n) is 3.40. The lowest BCUT2D eigenvalue weighted by molar-refractivity contribution is 0.827. The third-order valence-corrected chi connectivity index (χ3v) is 2.15.